The van der Waals surface area contributed by atoms with E-state index in [9.17, 15) is 0 Å². The van der Waals surface area contributed by atoms with Gasteiger partial charge in [-0.25, -0.2) is 0 Å². The fourth-order valence-electron chi connectivity index (χ4n) is 1.04. The Hall–Kier alpha value is 0.310. The molecule has 0 aliphatic rings. The zero-order valence-corrected chi connectivity index (χ0v) is 8.29. The van der Waals surface area contributed by atoms with Gasteiger partial charge in [-0.2, -0.15) is 11.8 Å². The molecule has 2 N–H and O–H groups in total. The molecular formula is C8H19NS. The number of hydrogen-bond donors (Lipinski definition) is 1. The minimum absolute atomic E-state index is 0.364. The Balaban J connectivity index is 3.63. The molecule has 2 heteroatoms. The van der Waals surface area contributed by atoms with Gasteiger partial charge in [0.1, 0.15) is 0 Å². The van der Waals surface area contributed by atoms with Crippen LogP contribution < -0.4 is 5.73 Å². The van der Waals surface area contributed by atoms with Gasteiger partial charge in [-0.15, -0.1) is 0 Å². The van der Waals surface area contributed by atoms with Crippen molar-refractivity contribution in [1.82, 2.24) is 0 Å². The quantitative estimate of drug-likeness (QED) is 0.684. The molecule has 0 rings (SSSR count). The normalized spacial score (nSPS) is 12.6. The Bertz CT molecular complexity index is 89.3. The smallest absolute Gasteiger partial charge is 0.0118 e. The second kappa shape index (κ2) is 4.24. The van der Waals surface area contributed by atoms with Crippen molar-refractivity contribution < 1.29 is 0 Å². The molecule has 62 valence electrons. The highest BCUT2D eigenvalue weighted by atomic mass is 32.2. The third-order valence-corrected chi connectivity index (χ3v) is 2.61. The Morgan fingerprint density at radius 1 is 1.40 bits per heavy atom. The molecule has 0 aliphatic carbocycles. The molecule has 0 spiro atoms. The van der Waals surface area contributed by atoms with Crippen LogP contribution in [0, 0.1) is 0 Å². The molecule has 0 atom stereocenters. The van der Waals surface area contributed by atoms with Crippen LogP contribution in [0.15, 0.2) is 0 Å². The van der Waals surface area contributed by atoms with E-state index in [0.29, 0.717) is 10.00 Å². The van der Waals surface area contributed by atoms with Crippen LogP contribution in [0.2, 0.25) is 0 Å². The molecule has 0 bridgehead atoms. The lowest BCUT2D eigenvalue weighted by molar-refractivity contribution is 0.646. The maximum atomic E-state index is 5.48. The third kappa shape index (κ3) is 5.12. The predicted octanol–water partition coefficient (Wildman–Crippen LogP) is 2.26. The summed E-state index contributed by atoms with van der Waals surface area (Å²) in [6, 6.07) is 0. The van der Waals surface area contributed by atoms with Gasteiger partial charge in [0, 0.05) is 4.75 Å². The van der Waals surface area contributed by atoms with E-state index >= 15 is 0 Å². The zero-order valence-electron chi connectivity index (χ0n) is 7.48. The molecule has 1 nitrogen and oxygen atoms in total. The van der Waals surface area contributed by atoms with E-state index in [1.165, 1.54) is 0 Å². The van der Waals surface area contributed by atoms with Crippen LogP contribution in [0.1, 0.15) is 34.1 Å². The highest BCUT2D eigenvalue weighted by Crippen LogP contribution is 2.30. The Kier molecular flexibility index (Phi) is 4.37. The number of hydrogen-bond acceptors (Lipinski definition) is 2. The predicted molar refractivity (Wildman–Crippen MR) is 50.5 cm³/mol. The summed E-state index contributed by atoms with van der Waals surface area (Å²) < 4.78 is 0.364. The van der Waals surface area contributed by atoms with Gasteiger partial charge in [0.15, 0.2) is 0 Å². The lowest BCUT2D eigenvalue weighted by Gasteiger charge is -2.25. The van der Waals surface area contributed by atoms with Crippen LogP contribution in [0.5, 0.6) is 0 Å². The summed E-state index contributed by atoms with van der Waals surface area (Å²) in [6.07, 6.45) is 1.11. The average Bonchev–Trinajstić information content (AvgIpc) is 1.59. The molecule has 0 saturated heterocycles. The first-order valence-corrected chi connectivity index (χ1v) is 4.74. The van der Waals surface area contributed by atoms with Crippen LogP contribution in [0.4, 0.5) is 0 Å². The van der Waals surface area contributed by atoms with Crippen molar-refractivity contribution in [3.8, 4) is 0 Å². The molecule has 0 aliphatic heterocycles. The first kappa shape index (κ1) is 10.3. The van der Waals surface area contributed by atoms with Crippen LogP contribution in [0.25, 0.3) is 0 Å². The molecule has 0 fully saturated rings. The standard InChI is InChI=1S/C8H19NS/c1-7(2)10-8(3,4)5-6-9/h7H,5-6,9H2,1-4H3. The summed E-state index contributed by atoms with van der Waals surface area (Å²) in [6.45, 7) is 9.76. The van der Waals surface area contributed by atoms with Crippen LogP contribution in [0.3, 0.4) is 0 Å². The van der Waals surface area contributed by atoms with Crippen molar-refractivity contribution in [3.05, 3.63) is 0 Å². The second-order valence-corrected chi connectivity index (χ2v) is 5.75. The van der Waals surface area contributed by atoms with E-state index in [-0.39, 0.29) is 0 Å². The van der Waals surface area contributed by atoms with E-state index < -0.39 is 0 Å². The molecule has 0 radical (unpaired) electrons. The number of thioether (sulfide) groups is 1. The summed E-state index contributed by atoms with van der Waals surface area (Å²) in [4.78, 5) is 0. The Morgan fingerprint density at radius 3 is 2.20 bits per heavy atom. The van der Waals surface area contributed by atoms with Crippen LogP contribution >= 0.6 is 11.8 Å². The van der Waals surface area contributed by atoms with Gasteiger partial charge < -0.3 is 5.73 Å². The van der Waals surface area contributed by atoms with Gasteiger partial charge in [-0.3, -0.25) is 0 Å². The van der Waals surface area contributed by atoms with Gasteiger partial charge in [-0.1, -0.05) is 27.7 Å². The Morgan fingerprint density at radius 2 is 1.90 bits per heavy atom. The van der Waals surface area contributed by atoms with E-state index in [1.54, 1.807) is 0 Å². The first-order chi connectivity index (χ1) is 4.48. The SMILES string of the molecule is CC(C)SC(C)(C)CCN. The van der Waals surface area contributed by atoms with Crippen molar-refractivity contribution in [3.63, 3.8) is 0 Å². The summed E-state index contributed by atoms with van der Waals surface area (Å²) in [7, 11) is 0. The van der Waals surface area contributed by atoms with Gasteiger partial charge in [0.25, 0.3) is 0 Å². The molecule has 0 saturated carbocycles. The molecule has 0 amide bonds. The number of rotatable bonds is 4. The molecule has 10 heavy (non-hydrogen) atoms. The molecule has 0 unspecified atom stereocenters. The summed E-state index contributed by atoms with van der Waals surface area (Å²) in [5.41, 5.74) is 5.48. The second-order valence-electron chi connectivity index (χ2n) is 3.46. The van der Waals surface area contributed by atoms with Gasteiger partial charge in [0.2, 0.25) is 0 Å². The average molecular weight is 161 g/mol. The van der Waals surface area contributed by atoms with Gasteiger partial charge >= 0.3 is 0 Å². The minimum Gasteiger partial charge on any atom is -0.330 e. The monoisotopic (exact) mass is 161 g/mol. The zero-order chi connectivity index (χ0) is 8.20. The minimum atomic E-state index is 0.364. The fourth-order valence-corrected chi connectivity index (χ4v) is 2.56. The summed E-state index contributed by atoms with van der Waals surface area (Å²) >= 11 is 2.00. The molecule has 0 aromatic carbocycles. The van der Waals surface area contributed by atoms with E-state index in [2.05, 4.69) is 27.7 Å². The van der Waals surface area contributed by atoms with Gasteiger partial charge in [-0.05, 0) is 18.2 Å². The lowest BCUT2D eigenvalue weighted by Crippen LogP contribution is -2.21. The Labute approximate surface area is 68.8 Å². The highest BCUT2D eigenvalue weighted by Gasteiger charge is 2.18. The van der Waals surface area contributed by atoms with Crippen LogP contribution in [-0.2, 0) is 0 Å². The maximum Gasteiger partial charge on any atom is 0.0118 e. The first-order valence-electron chi connectivity index (χ1n) is 3.86. The maximum absolute atomic E-state index is 5.48. The van der Waals surface area contributed by atoms with E-state index in [4.69, 9.17) is 5.73 Å². The van der Waals surface area contributed by atoms with Crippen molar-refractivity contribution >= 4 is 11.8 Å². The highest BCUT2D eigenvalue weighted by molar-refractivity contribution is 8.01. The molecule has 0 heterocycles. The third-order valence-electron chi connectivity index (χ3n) is 1.30. The van der Waals surface area contributed by atoms with E-state index in [0.717, 1.165) is 13.0 Å². The number of nitrogens with two attached hydrogens (primary N) is 1. The molecule has 0 aromatic heterocycles. The summed E-state index contributed by atoms with van der Waals surface area (Å²) in [5, 5.41) is 0.710. The molecule has 0 aromatic rings. The van der Waals surface area contributed by atoms with Crippen molar-refractivity contribution in [1.29, 1.82) is 0 Å². The van der Waals surface area contributed by atoms with E-state index in [1.807, 2.05) is 11.8 Å². The fraction of sp³-hybridized carbons (Fsp3) is 1.00. The molecular weight excluding hydrogens is 142 g/mol. The van der Waals surface area contributed by atoms with Crippen molar-refractivity contribution in [2.24, 2.45) is 5.73 Å². The largest absolute Gasteiger partial charge is 0.330 e. The lowest BCUT2D eigenvalue weighted by atomic mass is 10.1. The summed E-state index contributed by atoms with van der Waals surface area (Å²) in [5.74, 6) is 0. The van der Waals surface area contributed by atoms with Crippen molar-refractivity contribution in [2.75, 3.05) is 6.54 Å². The van der Waals surface area contributed by atoms with Crippen molar-refractivity contribution in [2.45, 2.75) is 44.1 Å². The topological polar surface area (TPSA) is 26.0 Å². The van der Waals surface area contributed by atoms with Gasteiger partial charge in [0.05, 0.1) is 0 Å². The van der Waals surface area contributed by atoms with Crippen LogP contribution in [-0.4, -0.2) is 16.5 Å².